The lowest BCUT2D eigenvalue weighted by atomic mass is 10.2. The SMILES string of the molecule is CN1C=CC(S(=O)(=O)O)C(C#N)=C1. The van der Waals surface area contributed by atoms with Crippen LogP contribution in [0, 0.1) is 11.3 Å². The van der Waals surface area contributed by atoms with Crippen molar-refractivity contribution < 1.29 is 13.0 Å². The monoisotopic (exact) mass is 200 g/mol. The predicted octanol–water partition coefficient (Wildman–Crippen LogP) is 0.109. The maximum absolute atomic E-state index is 10.8. The second kappa shape index (κ2) is 3.20. The van der Waals surface area contributed by atoms with Crippen molar-refractivity contribution in [1.82, 2.24) is 4.90 Å². The maximum Gasteiger partial charge on any atom is 0.276 e. The highest BCUT2D eigenvalue weighted by Gasteiger charge is 2.27. The Morgan fingerprint density at radius 3 is 2.77 bits per heavy atom. The topological polar surface area (TPSA) is 81.4 Å². The minimum Gasteiger partial charge on any atom is -0.356 e. The fourth-order valence-corrected chi connectivity index (χ4v) is 1.71. The van der Waals surface area contributed by atoms with Gasteiger partial charge in [-0.3, -0.25) is 4.55 Å². The van der Waals surface area contributed by atoms with Crippen molar-refractivity contribution in [3.8, 4) is 6.07 Å². The standard InChI is InChI=1S/C7H8N2O3S/c1-9-3-2-7(13(10,11)12)6(4-8)5-9/h2-3,5,7H,1H3,(H,10,11,12). The molecule has 0 saturated carbocycles. The van der Waals surface area contributed by atoms with Crippen LogP contribution in [0.15, 0.2) is 24.0 Å². The van der Waals surface area contributed by atoms with Gasteiger partial charge in [-0.25, -0.2) is 0 Å². The van der Waals surface area contributed by atoms with Crippen LogP contribution in [0.25, 0.3) is 0 Å². The van der Waals surface area contributed by atoms with Gasteiger partial charge in [0.1, 0.15) is 5.25 Å². The van der Waals surface area contributed by atoms with Crippen LogP contribution in [-0.4, -0.2) is 30.2 Å². The van der Waals surface area contributed by atoms with Gasteiger partial charge >= 0.3 is 0 Å². The first-order valence-electron chi connectivity index (χ1n) is 3.43. The Morgan fingerprint density at radius 2 is 2.31 bits per heavy atom. The molecule has 1 N–H and O–H groups in total. The quantitative estimate of drug-likeness (QED) is 0.607. The smallest absolute Gasteiger partial charge is 0.276 e. The lowest BCUT2D eigenvalue weighted by molar-refractivity contribution is 0.477. The van der Waals surface area contributed by atoms with E-state index in [1.807, 2.05) is 0 Å². The number of nitrogens with zero attached hydrogens (tertiary/aromatic N) is 2. The minimum absolute atomic E-state index is 0.00694. The molecule has 1 unspecified atom stereocenters. The molecule has 0 saturated heterocycles. The predicted molar refractivity (Wildman–Crippen MR) is 45.9 cm³/mol. The molecule has 1 atom stereocenters. The molecule has 0 amide bonds. The van der Waals surface area contributed by atoms with Gasteiger partial charge < -0.3 is 4.90 Å². The molecule has 5 nitrogen and oxygen atoms in total. The lowest BCUT2D eigenvalue weighted by Crippen LogP contribution is -2.25. The van der Waals surface area contributed by atoms with Crippen molar-refractivity contribution in [3.05, 3.63) is 24.0 Å². The van der Waals surface area contributed by atoms with Gasteiger partial charge in [0.25, 0.3) is 10.1 Å². The van der Waals surface area contributed by atoms with Crippen LogP contribution >= 0.6 is 0 Å². The van der Waals surface area contributed by atoms with E-state index < -0.39 is 15.4 Å². The van der Waals surface area contributed by atoms with Crippen LogP contribution in [0.3, 0.4) is 0 Å². The highest BCUT2D eigenvalue weighted by Crippen LogP contribution is 2.17. The molecule has 1 aliphatic heterocycles. The molecule has 70 valence electrons. The van der Waals surface area contributed by atoms with E-state index in [4.69, 9.17) is 9.81 Å². The maximum atomic E-state index is 10.8. The van der Waals surface area contributed by atoms with Gasteiger partial charge in [-0.15, -0.1) is 0 Å². The summed E-state index contributed by atoms with van der Waals surface area (Å²) < 4.78 is 30.3. The van der Waals surface area contributed by atoms with Crippen molar-refractivity contribution in [2.75, 3.05) is 7.05 Å². The molecule has 1 rings (SSSR count). The fraction of sp³-hybridized carbons (Fsp3) is 0.286. The number of nitriles is 1. The molecule has 0 spiro atoms. The minimum atomic E-state index is -4.21. The van der Waals surface area contributed by atoms with Crippen LogP contribution in [0.1, 0.15) is 0 Å². The summed E-state index contributed by atoms with van der Waals surface area (Å²) >= 11 is 0. The molecule has 0 aromatic carbocycles. The Morgan fingerprint density at radius 1 is 1.69 bits per heavy atom. The van der Waals surface area contributed by atoms with E-state index in [1.54, 1.807) is 18.0 Å². The molecular formula is C7H8N2O3S. The van der Waals surface area contributed by atoms with Gasteiger partial charge in [0, 0.05) is 19.4 Å². The summed E-state index contributed by atoms with van der Waals surface area (Å²) in [5, 5.41) is 7.36. The van der Waals surface area contributed by atoms with Crippen molar-refractivity contribution >= 4 is 10.1 Å². The Hall–Kier alpha value is -1.32. The first kappa shape index (κ1) is 9.77. The second-order valence-electron chi connectivity index (χ2n) is 2.64. The zero-order valence-electron chi connectivity index (χ0n) is 6.88. The van der Waals surface area contributed by atoms with Crippen molar-refractivity contribution in [3.63, 3.8) is 0 Å². The zero-order chi connectivity index (χ0) is 10.1. The van der Waals surface area contributed by atoms with Crippen LogP contribution in [-0.2, 0) is 10.1 Å². The fourth-order valence-electron chi connectivity index (χ4n) is 1.01. The van der Waals surface area contributed by atoms with E-state index in [1.165, 1.54) is 18.5 Å². The van der Waals surface area contributed by atoms with Crippen LogP contribution in [0.5, 0.6) is 0 Å². The molecule has 13 heavy (non-hydrogen) atoms. The average molecular weight is 200 g/mol. The van der Waals surface area contributed by atoms with Gasteiger partial charge in [-0.05, 0) is 6.08 Å². The average Bonchev–Trinajstić information content (AvgIpc) is 2.01. The zero-order valence-corrected chi connectivity index (χ0v) is 7.69. The van der Waals surface area contributed by atoms with Crippen molar-refractivity contribution in [2.24, 2.45) is 0 Å². The molecule has 0 aromatic heterocycles. The summed E-state index contributed by atoms with van der Waals surface area (Å²) in [6.07, 6.45) is 4.09. The van der Waals surface area contributed by atoms with Gasteiger partial charge in [-0.1, -0.05) is 0 Å². The Balaban J connectivity index is 3.10. The summed E-state index contributed by atoms with van der Waals surface area (Å²) in [7, 11) is -2.55. The summed E-state index contributed by atoms with van der Waals surface area (Å²) in [6, 6.07) is 1.72. The number of rotatable bonds is 1. The van der Waals surface area contributed by atoms with E-state index >= 15 is 0 Å². The third-order valence-electron chi connectivity index (χ3n) is 1.60. The Labute approximate surface area is 76.3 Å². The number of hydrogen-bond donors (Lipinski definition) is 1. The van der Waals surface area contributed by atoms with E-state index in [0.29, 0.717) is 0 Å². The largest absolute Gasteiger partial charge is 0.356 e. The third kappa shape index (κ3) is 2.08. The summed E-state index contributed by atoms with van der Waals surface area (Å²) in [4.78, 5) is 1.54. The van der Waals surface area contributed by atoms with Gasteiger partial charge in [-0.2, -0.15) is 13.7 Å². The molecule has 0 aliphatic carbocycles. The van der Waals surface area contributed by atoms with Gasteiger partial charge in [0.05, 0.1) is 11.6 Å². The molecule has 0 fully saturated rings. The molecule has 1 aliphatic rings. The van der Waals surface area contributed by atoms with Crippen molar-refractivity contribution in [2.45, 2.75) is 5.25 Å². The molecule has 6 heteroatoms. The third-order valence-corrected chi connectivity index (χ3v) is 2.65. The molecular weight excluding hydrogens is 192 g/mol. The van der Waals surface area contributed by atoms with Gasteiger partial charge in [0.15, 0.2) is 0 Å². The second-order valence-corrected chi connectivity index (χ2v) is 4.18. The highest BCUT2D eigenvalue weighted by atomic mass is 32.2. The first-order chi connectivity index (χ1) is 5.95. The lowest BCUT2D eigenvalue weighted by Gasteiger charge is -2.18. The van der Waals surface area contributed by atoms with E-state index in [2.05, 4.69) is 0 Å². The van der Waals surface area contributed by atoms with Crippen LogP contribution in [0.4, 0.5) is 0 Å². The molecule has 0 bridgehead atoms. The molecule has 0 aromatic rings. The first-order valence-corrected chi connectivity index (χ1v) is 4.94. The highest BCUT2D eigenvalue weighted by molar-refractivity contribution is 7.86. The Bertz CT molecular complexity index is 402. The van der Waals surface area contributed by atoms with E-state index in [-0.39, 0.29) is 5.57 Å². The van der Waals surface area contributed by atoms with Gasteiger partial charge in [0.2, 0.25) is 0 Å². The van der Waals surface area contributed by atoms with E-state index in [9.17, 15) is 8.42 Å². The molecule has 0 radical (unpaired) electrons. The van der Waals surface area contributed by atoms with Crippen LogP contribution < -0.4 is 0 Å². The van der Waals surface area contributed by atoms with E-state index in [0.717, 1.165) is 0 Å². The summed E-state index contributed by atoms with van der Waals surface area (Å²) in [5.74, 6) is 0. The van der Waals surface area contributed by atoms with Crippen LogP contribution in [0.2, 0.25) is 0 Å². The van der Waals surface area contributed by atoms with Crippen molar-refractivity contribution in [1.29, 1.82) is 5.26 Å². The summed E-state index contributed by atoms with van der Waals surface area (Å²) in [6.45, 7) is 0. The number of hydrogen-bond acceptors (Lipinski definition) is 4. The normalized spacial score (nSPS) is 22.4. The molecule has 1 heterocycles. The Kier molecular flexibility index (Phi) is 2.40. The summed E-state index contributed by atoms with van der Waals surface area (Å²) in [5.41, 5.74) is 0.00694.